The summed E-state index contributed by atoms with van der Waals surface area (Å²) in [6.07, 6.45) is 72.7. The van der Waals surface area contributed by atoms with Crippen LogP contribution in [0.4, 0.5) is 0 Å². The molecule has 0 aromatic carbocycles. The molecule has 0 rings (SSSR count). The van der Waals surface area contributed by atoms with Crippen molar-refractivity contribution in [3.05, 3.63) is 109 Å². The van der Waals surface area contributed by atoms with Gasteiger partial charge in [0, 0.05) is 19.6 Å². The Balaban J connectivity index is 4.06. The Morgan fingerprint density at radius 2 is 0.848 bits per heavy atom. The fourth-order valence-corrected chi connectivity index (χ4v) is 7.60. The molecule has 0 aliphatic carbocycles. The highest BCUT2D eigenvalue weighted by molar-refractivity contribution is 7.47. The predicted octanol–water partition coefficient (Wildman–Crippen LogP) is 16.8. The van der Waals surface area contributed by atoms with E-state index in [0.29, 0.717) is 13.0 Å². The number of esters is 1. The average molecular weight is 940 g/mol. The SMILES string of the molecule is CC/C=C\C/C=C\C/C=C\C/C=C\C/C=C\C/C=C\C/C=C\CCCCCC(=O)OC(COCCCCCCCCCCCC/C=C\C/C=C\CCCCCCC)COP(=O)(O)OCCN. The lowest BCUT2D eigenvalue weighted by Gasteiger charge is -2.20. The number of phosphoric ester groups is 1. The van der Waals surface area contributed by atoms with E-state index in [1.54, 1.807) is 0 Å². The Kier molecular flexibility index (Phi) is 50.8. The third-order valence-corrected chi connectivity index (χ3v) is 11.7. The Labute approximate surface area is 405 Å². The van der Waals surface area contributed by atoms with Gasteiger partial charge >= 0.3 is 13.8 Å². The summed E-state index contributed by atoms with van der Waals surface area (Å²) in [6.45, 7) is 4.73. The molecule has 0 aromatic heterocycles. The number of hydrogen-bond acceptors (Lipinski definition) is 7. The van der Waals surface area contributed by atoms with Crippen molar-refractivity contribution in [1.29, 1.82) is 0 Å². The lowest BCUT2D eigenvalue weighted by atomic mass is 10.1. The fourth-order valence-electron chi connectivity index (χ4n) is 6.83. The second-order valence-electron chi connectivity index (χ2n) is 17.0. The molecule has 378 valence electrons. The molecule has 0 bridgehead atoms. The molecule has 0 radical (unpaired) electrons. The molecule has 0 amide bonds. The number of unbranched alkanes of at least 4 members (excludes halogenated alkanes) is 18. The van der Waals surface area contributed by atoms with E-state index >= 15 is 0 Å². The summed E-state index contributed by atoms with van der Waals surface area (Å²) in [7, 11) is -4.30. The minimum Gasteiger partial charge on any atom is -0.457 e. The van der Waals surface area contributed by atoms with E-state index in [1.165, 1.54) is 96.3 Å². The van der Waals surface area contributed by atoms with E-state index in [4.69, 9.17) is 24.3 Å². The number of carbonyl (C=O) groups is 1. The van der Waals surface area contributed by atoms with Crippen molar-refractivity contribution >= 4 is 13.8 Å². The molecule has 0 fully saturated rings. The molecule has 3 N–H and O–H groups in total. The van der Waals surface area contributed by atoms with Gasteiger partial charge in [-0.1, -0.05) is 207 Å². The smallest absolute Gasteiger partial charge is 0.457 e. The predicted molar refractivity (Wildman–Crippen MR) is 284 cm³/mol. The van der Waals surface area contributed by atoms with Crippen molar-refractivity contribution in [1.82, 2.24) is 0 Å². The molecule has 66 heavy (non-hydrogen) atoms. The topological polar surface area (TPSA) is 117 Å². The molecule has 2 unspecified atom stereocenters. The van der Waals surface area contributed by atoms with Gasteiger partial charge in [-0.05, 0) is 103 Å². The first-order valence-corrected chi connectivity index (χ1v) is 27.9. The van der Waals surface area contributed by atoms with Gasteiger partial charge in [-0.3, -0.25) is 13.8 Å². The molecule has 0 saturated heterocycles. The number of carbonyl (C=O) groups excluding carboxylic acids is 1. The number of ether oxygens (including phenoxy) is 2. The third kappa shape index (κ3) is 52.1. The van der Waals surface area contributed by atoms with Crippen LogP contribution >= 0.6 is 7.82 Å². The van der Waals surface area contributed by atoms with Crippen LogP contribution in [0.3, 0.4) is 0 Å². The van der Waals surface area contributed by atoms with Crippen molar-refractivity contribution in [3.63, 3.8) is 0 Å². The molecule has 0 aliphatic rings. The van der Waals surface area contributed by atoms with Crippen LogP contribution in [0.25, 0.3) is 0 Å². The highest BCUT2D eigenvalue weighted by Gasteiger charge is 2.25. The van der Waals surface area contributed by atoms with Crippen LogP contribution < -0.4 is 5.73 Å². The molecule has 0 aliphatic heterocycles. The molecule has 0 heterocycles. The van der Waals surface area contributed by atoms with Gasteiger partial charge in [-0.15, -0.1) is 0 Å². The Hall–Kier alpha value is -2.84. The van der Waals surface area contributed by atoms with Crippen LogP contribution in [-0.4, -0.2) is 49.9 Å². The third-order valence-electron chi connectivity index (χ3n) is 10.7. The first-order valence-electron chi connectivity index (χ1n) is 26.4. The normalized spacial score (nSPS) is 14.2. The molecule has 9 heteroatoms. The van der Waals surface area contributed by atoms with E-state index < -0.39 is 13.9 Å². The Bertz CT molecular complexity index is 1380. The van der Waals surface area contributed by atoms with Crippen LogP contribution in [0, 0.1) is 0 Å². The molecule has 0 spiro atoms. The van der Waals surface area contributed by atoms with Crippen molar-refractivity contribution < 1.29 is 32.8 Å². The largest absolute Gasteiger partial charge is 0.472 e. The number of nitrogens with two attached hydrogens (primary N) is 1. The Morgan fingerprint density at radius 3 is 1.27 bits per heavy atom. The first-order chi connectivity index (χ1) is 32.4. The van der Waals surface area contributed by atoms with Gasteiger partial charge in [-0.2, -0.15) is 0 Å². The van der Waals surface area contributed by atoms with E-state index in [0.717, 1.165) is 83.5 Å². The first kappa shape index (κ1) is 63.2. The number of rotatable bonds is 49. The fraction of sp³-hybridized carbons (Fsp3) is 0.667. The van der Waals surface area contributed by atoms with Gasteiger partial charge < -0.3 is 20.1 Å². The standard InChI is InChI=1S/C57H98NO7P/c1-3-5-7-9-11-13-15-17-19-21-23-25-27-28-29-30-32-34-36-38-40-42-44-46-48-50-57(59)65-56(55-64-66(60,61)63-53-51-58)54-62-52-49-47-45-43-41-39-37-35-33-31-26-24-22-20-18-16-14-12-10-8-6-4-2/h5,7,11,13,16-19,22-25,28-29,32,34,38,40,56H,3-4,6,8-10,12,14-15,20-21,26-27,30-31,33,35-37,39,41-55,58H2,1-2H3,(H,60,61)/b7-5-,13-11-,18-16-,19-17-,24-22-,25-23-,29-28-,34-32-,40-38-. The molecule has 0 aromatic rings. The van der Waals surface area contributed by atoms with Gasteiger partial charge in [0.25, 0.3) is 0 Å². The number of allylic oxidation sites excluding steroid dienone is 18. The monoisotopic (exact) mass is 940 g/mol. The van der Waals surface area contributed by atoms with E-state index in [-0.39, 0.29) is 38.8 Å². The van der Waals surface area contributed by atoms with E-state index in [9.17, 15) is 14.3 Å². The van der Waals surface area contributed by atoms with Gasteiger partial charge in [0.05, 0.1) is 19.8 Å². The molecule has 8 nitrogen and oxygen atoms in total. The lowest BCUT2D eigenvalue weighted by molar-refractivity contribution is -0.154. The van der Waals surface area contributed by atoms with Crippen molar-refractivity contribution in [3.8, 4) is 0 Å². The van der Waals surface area contributed by atoms with Crippen molar-refractivity contribution in [2.24, 2.45) is 5.73 Å². The summed E-state index contributed by atoms with van der Waals surface area (Å²) in [6, 6.07) is 0. The molecule has 0 saturated carbocycles. The van der Waals surface area contributed by atoms with E-state index in [1.807, 2.05) is 0 Å². The maximum atomic E-state index is 12.7. The van der Waals surface area contributed by atoms with E-state index in [2.05, 4.69) is 123 Å². The van der Waals surface area contributed by atoms with Crippen LogP contribution in [-0.2, 0) is 27.9 Å². The summed E-state index contributed by atoms with van der Waals surface area (Å²) >= 11 is 0. The second kappa shape index (κ2) is 53.1. The zero-order valence-electron chi connectivity index (χ0n) is 42.1. The highest BCUT2D eigenvalue weighted by atomic mass is 31.2. The maximum Gasteiger partial charge on any atom is 0.472 e. The molecule has 2 atom stereocenters. The van der Waals surface area contributed by atoms with Gasteiger partial charge in [-0.25, -0.2) is 4.57 Å². The zero-order valence-corrected chi connectivity index (χ0v) is 43.0. The Morgan fingerprint density at radius 1 is 0.470 bits per heavy atom. The second-order valence-corrected chi connectivity index (χ2v) is 18.5. The molecular formula is C57H98NO7P. The lowest BCUT2D eigenvalue weighted by Crippen LogP contribution is -2.28. The number of phosphoric acid groups is 1. The summed E-state index contributed by atoms with van der Waals surface area (Å²) < 4.78 is 33.6. The summed E-state index contributed by atoms with van der Waals surface area (Å²) in [5.74, 6) is -0.366. The van der Waals surface area contributed by atoms with Gasteiger partial charge in [0.2, 0.25) is 0 Å². The van der Waals surface area contributed by atoms with Crippen molar-refractivity contribution in [2.75, 3.05) is 33.0 Å². The molecular weight excluding hydrogens is 842 g/mol. The zero-order chi connectivity index (χ0) is 48.0. The highest BCUT2D eigenvalue weighted by Crippen LogP contribution is 2.43. The quantitative estimate of drug-likeness (QED) is 0.0268. The van der Waals surface area contributed by atoms with Gasteiger partial charge in [0.1, 0.15) is 6.10 Å². The summed E-state index contributed by atoms with van der Waals surface area (Å²) in [5, 5.41) is 0. The van der Waals surface area contributed by atoms with Crippen LogP contribution in [0.5, 0.6) is 0 Å². The van der Waals surface area contributed by atoms with Gasteiger partial charge in [0.15, 0.2) is 0 Å². The summed E-state index contributed by atoms with van der Waals surface area (Å²) in [4.78, 5) is 22.6. The van der Waals surface area contributed by atoms with Crippen LogP contribution in [0.15, 0.2) is 109 Å². The minimum absolute atomic E-state index is 0.0880. The van der Waals surface area contributed by atoms with Crippen molar-refractivity contribution in [2.45, 2.75) is 213 Å². The average Bonchev–Trinajstić information content (AvgIpc) is 3.31. The minimum atomic E-state index is -4.30. The summed E-state index contributed by atoms with van der Waals surface area (Å²) in [5.41, 5.74) is 5.39. The number of hydrogen-bond donors (Lipinski definition) is 2. The maximum absolute atomic E-state index is 12.7. The van der Waals surface area contributed by atoms with Crippen LogP contribution in [0.2, 0.25) is 0 Å². The van der Waals surface area contributed by atoms with Crippen LogP contribution in [0.1, 0.15) is 206 Å².